The van der Waals surface area contributed by atoms with Crippen molar-refractivity contribution >= 4 is 21.9 Å². The molecule has 0 heterocycles. The summed E-state index contributed by atoms with van der Waals surface area (Å²) in [5.41, 5.74) is 0. The van der Waals surface area contributed by atoms with Gasteiger partial charge in [-0.1, -0.05) is 15.9 Å². The van der Waals surface area contributed by atoms with Gasteiger partial charge < -0.3 is 14.2 Å². The third-order valence-electron chi connectivity index (χ3n) is 1.74. The highest BCUT2D eigenvalue weighted by atomic mass is 79.9. The Kier molecular flexibility index (Phi) is 5.11. The highest BCUT2D eigenvalue weighted by Crippen LogP contribution is 2.25. The van der Waals surface area contributed by atoms with E-state index in [1.54, 1.807) is 32.2 Å². The standard InChI is InChI=1S/C11H13BrO4/c1-3-15-11(13)7-16-10-5-8(12)4-9(6-10)14-2/h4-6H,3,7H2,1-2H3. The monoisotopic (exact) mass is 288 g/mol. The van der Waals surface area contributed by atoms with Gasteiger partial charge in [-0.05, 0) is 19.1 Å². The van der Waals surface area contributed by atoms with E-state index < -0.39 is 0 Å². The van der Waals surface area contributed by atoms with Crippen LogP contribution in [0.5, 0.6) is 11.5 Å². The molecule has 0 aromatic heterocycles. The number of rotatable bonds is 5. The van der Waals surface area contributed by atoms with E-state index in [1.165, 1.54) is 0 Å². The Morgan fingerprint density at radius 2 is 2.00 bits per heavy atom. The molecule has 0 fully saturated rings. The molecule has 0 aliphatic carbocycles. The average molecular weight is 289 g/mol. The first-order valence-electron chi connectivity index (χ1n) is 4.78. The normalized spacial score (nSPS) is 9.69. The Bertz CT molecular complexity index is 365. The lowest BCUT2D eigenvalue weighted by atomic mass is 10.3. The minimum Gasteiger partial charge on any atom is -0.497 e. The van der Waals surface area contributed by atoms with Crippen LogP contribution in [0.2, 0.25) is 0 Å². The topological polar surface area (TPSA) is 44.8 Å². The second kappa shape index (κ2) is 6.37. The zero-order valence-corrected chi connectivity index (χ0v) is 10.7. The largest absolute Gasteiger partial charge is 0.497 e. The number of carbonyl (C=O) groups is 1. The molecule has 0 bridgehead atoms. The van der Waals surface area contributed by atoms with Crippen LogP contribution in [0.3, 0.4) is 0 Å². The quantitative estimate of drug-likeness (QED) is 0.781. The number of halogens is 1. The van der Waals surface area contributed by atoms with E-state index in [0.717, 1.165) is 4.47 Å². The summed E-state index contributed by atoms with van der Waals surface area (Å²) in [6.45, 7) is 2.00. The van der Waals surface area contributed by atoms with Crippen molar-refractivity contribution in [3.63, 3.8) is 0 Å². The molecule has 1 aromatic carbocycles. The Balaban J connectivity index is 2.59. The zero-order valence-electron chi connectivity index (χ0n) is 9.16. The van der Waals surface area contributed by atoms with E-state index in [9.17, 15) is 4.79 Å². The van der Waals surface area contributed by atoms with Gasteiger partial charge in [0.25, 0.3) is 0 Å². The molecule has 1 aromatic rings. The lowest BCUT2D eigenvalue weighted by Gasteiger charge is -2.08. The fraction of sp³-hybridized carbons (Fsp3) is 0.364. The average Bonchev–Trinajstić information content (AvgIpc) is 2.26. The Morgan fingerprint density at radius 1 is 1.31 bits per heavy atom. The van der Waals surface area contributed by atoms with Crippen molar-refractivity contribution in [2.45, 2.75) is 6.92 Å². The first-order chi connectivity index (χ1) is 7.65. The number of methoxy groups -OCH3 is 1. The molecule has 4 nitrogen and oxygen atoms in total. The Labute approximate surface area is 103 Å². The summed E-state index contributed by atoms with van der Waals surface area (Å²) in [6.07, 6.45) is 0. The number of hydrogen-bond acceptors (Lipinski definition) is 4. The second-order valence-corrected chi connectivity index (χ2v) is 3.84. The molecule has 1 rings (SSSR count). The van der Waals surface area contributed by atoms with Crippen LogP contribution in [-0.2, 0) is 9.53 Å². The van der Waals surface area contributed by atoms with Crippen molar-refractivity contribution < 1.29 is 19.0 Å². The van der Waals surface area contributed by atoms with Crippen LogP contribution in [0.1, 0.15) is 6.92 Å². The molecule has 0 atom stereocenters. The fourth-order valence-electron chi connectivity index (χ4n) is 1.08. The molecular weight excluding hydrogens is 276 g/mol. The molecular formula is C11H13BrO4. The summed E-state index contributed by atoms with van der Waals surface area (Å²) in [6, 6.07) is 5.25. The van der Waals surface area contributed by atoms with E-state index in [4.69, 9.17) is 14.2 Å². The first-order valence-corrected chi connectivity index (χ1v) is 5.58. The van der Waals surface area contributed by atoms with Gasteiger partial charge in [-0.3, -0.25) is 0 Å². The van der Waals surface area contributed by atoms with E-state index >= 15 is 0 Å². The molecule has 0 aliphatic heterocycles. The Hall–Kier alpha value is -1.23. The highest BCUT2D eigenvalue weighted by Gasteiger charge is 2.05. The molecule has 0 N–H and O–H groups in total. The molecule has 0 saturated heterocycles. The lowest BCUT2D eigenvalue weighted by Crippen LogP contribution is -2.14. The molecule has 88 valence electrons. The van der Waals surface area contributed by atoms with Crippen LogP contribution in [0.4, 0.5) is 0 Å². The van der Waals surface area contributed by atoms with E-state index in [-0.39, 0.29) is 12.6 Å². The molecule has 0 unspecified atom stereocenters. The van der Waals surface area contributed by atoms with Gasteiger partial charge in [0, 0.05) is 10.5 Å². The van der Waals surface area contributed by atoms with Gasteiger partial charge in [0.15, 0.2) is 6.61 Å². The van der Waals surface area contributed by atoms with Gasteiger partial charge in [0.1, 0.15) is 11.5 Å². The SMILES string of the molecule is CCOC(=O)COc1cc(Br)cc(OC)c1. The minimum atomic E-state index is -0.388. The zero-order chi connectivity index (χ0) is 12.0. The van der Waals surface area contributed by atoms with Gasteiger partial charge in [-0.2, -0.15) is 0 Å². The summed E-state index contributed by atoms with van der Waals surface area (Å²) < 4.78 is 15.9. The summed E-state index contributed by atoms with van der Waals surface area (Å²) >= 11 is 3.32. The molecule has 16 heavy (non-hydrogen) atoms. The van der Waals surface area contributed by atoms with Crippen LogP contribution in [0.15, 0.2) is 22.7 Å². The Morgan fingerprint density at radius 3 is 2.62 bits per heavy atom. The smallest absolute Gasteiger partial charge is 0.344 e. The maximum absolute atomic E-state index is 11.1. The van der Waals surface area contributed by atoms with Crippen LogP contribution in [0.25, 0.3) is 0 Å². The maximum Gasteiger partial charge on any atom is 0.344 e. The molecule has 5 heteroatoms. The number of esters is 1. The van der Waals surface area contributed by atoms with E-state index in [0.29, 0.717) is 18.1 Å². The van der Waals surface area contributed by atoms with E-state index in [2.05, 4.69) is 15.9 Å². The molecule has 0 spiro atoms. The molecule has 0 aliphatic rings. The summed E-state index contributed by atoms with van der Waals surface area (Å²) in [7, 11) is 1.57. The van der Waals surface area contributed by atoms with Gasteiger partial charge in [-0.15, -0.1) is 0 Å². The number of ether oxygens (including phenoxy) is 3. The number of benzene rings is 1. The molecule has 0 radical (unpaired) electrons. The molecule has 0 amide bonds. The van der Waals surface area contributed by atoms with Crippen LogP contribution >= 0.6 is 15.9 Å². The summed E-state index contributed by atoms with van der Waals surface area (Å²) in [5, 5.41) is 0. The van der Waals surface area contributed by atoms with Crippen molar-refractivity contribution in [2.24, 2.45) is 0 Å². The van der Waals surface area contributed by atoms with Gasteiger partial charge >= 0.3 is 5.97 Å². The van der Waals surface area contributed by atoms with Crippen molar-refractivity contribution in [3.05, 3.63) is 22.7 Å². The lowest BCUT2D eigenvalue weighted by molar-refractivity contribution is -0.145. The van der Waals surface area contributed by atoms with Crippen LogP contribution in [0, 0.1) is 0 Å². The number of hydrogen-bond donors (Lipinski definition) is 0. The van der Waals surface area contributed by atoms with Gasteiger partial charge in [-0.25, -0.2) is 4.79 Å². The predicted molar refractivity (Wildman–Crippen MR) is 62.8 cm³/mol. The van der Waals surface area contributed by atoms with Crippen molar-refractivity contribution in [2.75, 3.05) is 20.3 Å². The van der Waals surface area contributed by atoms with Crippen LogP contribution in [-0.4, -0.2) is 26.3 Å². The van der Waals surface area contributed by atoms with Crippen molar-refractivity contribution in [1.29, 1.82) is 0 Å². The highest BCUT2D eigenvalue weighted by molar-refractivity contribution is 9.10. The predicted octanol–water partition coefficient (Wildman–Crippen LogP) is 2.40. The summed E-state index contributed by atoms with van der Waals surface area (Å²) in [4.78, 5) is 11.1. The van der Waals surface area contributed by atoms with Crippen molar-refractivity contribution in [3.8, 4) is 11.5 Å². The maximum atomic E-state index is 11.1. The fourth-order valence-corrected chi connectivity index (χ4v) is 1.53. The summed E-state index contributed by atoms with van der Waals surface area (Å²) in [5.74, 6) is 0.828. The third-order valence-corrected chi connectivity index (χ3v) is 2.20. The minimum absolute atomic E-state index is 0.104. The molecule has 0 saturated carbocycles. The third kappa shape index (κ3) is 4.10. The first kappa shape index (κ1) is 12.8. The van der Waals surface area contributed by atoms with Gasteiger partial charge in [0.05, 0.1) is 13.7 Å². The second-order valence-electron chi connectivity index (χ2n) is 2.92. The van der Waals surface area contributed by atoms with Crippen molar-refractivity contribution in [1.82, 2.24) is 0 Å². The van der Waals surface area contributed by atoms with Crippen LogP contribution < -0.4 is 9.47 Å². The van der Waals surface area contributed by atoms with Gasteiger partial charge in [0.2, 0.25) is 0 Å². The number of carbonyl (C=O) groups excluding carboxylic acids is 1. The van der Waals surface area contributed by atoms with E-state index in [1.807, 2.05) is 0 Å².